The quantitative estimate of drug-likeness (QED) is 0.512. The van der Waals surface area contributed by atoms with Crippen molar-refractivity contribution in [3.63, 3.8) is 0 Å². The van der Waals surface area contributed by atoms with E-state index in [0.29, 0.717) is 11.2 Å². The third-order valence-electron chi connectivity index (χ3n) is 6.27. The Balaban J connectivity index is 0.000000796. The van der Waals surface area contributed by atoms with Crippen molar-refractivity contribution < 1.29 is 66.0 Å². The molecule has 6 rings (SSSR count). The van der Waals surface area contributed by atoms with Gasteiger partial charge >= 0.3 is 51.4 Å². The van der Waals surface area contributed by atoms with Crippen LogP contribution in [0, 0.1) is 11.8 Å². The van der Waals surface area contributed by atoms with Gasteiger partial charge in [0.2, 0.25) is 0 Å². The van der Waals surface area contributed by atoms with E-state index in [1.807, 2.05) is 0 Å². The average molecular weight is 460 g/mol. The molecule has 3 aliphatic rings. The summed E-state index contributed by atoms with van der Waals surface area (Å²) in [5.74, 6) is 2.34. The molecule has 4 heterocycles. The number of hydrogen-bond acceptors (Lipinski definition) is 6. The third kappa shape index (κ3) is 4.34. The minimum atomic E-state index is -0.220. The summed E-state index contributed by atoms with van der Waals surface area (Å²) in [6, 6.07) is 5.99. The molecule has 3 aromatic rings. The Bertz CT molecular complexity index is 1150. The smallest absolute Gasteiger partial charge is 0.857 e. The second-order valence-corrected chi connectivity index (χ2v) is 9.08. The summed E-state index contributed by atoms with van der Waals surface area (Å²) in [6.45, 7) is 6.29. The number of rotatable bonds is 3. The Morgan fingerprint density at radius 1 is 1.25 bits per heavy atom. The minimum absolute atomic E-state index is 0. The van der Waals surface area contributed by atoms with Crippen molar-refractivity contribution in [3.8, 4) is 5.75 Å². The number of carbonyl (C=O) groups is 1. The van der Waals surface area contributed by atoms with Gasteiger partial charge in [0.15, 0.2) is 5.65 Å². The largest absolute Gasteiger partial charge is 1.00 e. The number of ether oxygens (including phenoxy) is 1. The molecule has 2 atom stereocenters. The summed E-state index contributed by atoms with van der Waals surface area (Å²) < 4.78 is 7.77. The molecule has 2 unspecified atom stereocenters. The molecule has 9 heteroatoms. The molecule has 1 N–H and O–H groups in total. The van der Waals surface area contributed by atoms with Crippen molar-refractivity contribution in [2.75, 3.05) is 30.4 Å². The van der Waals surface area contributed by atoms with E-state index in [2.05, 4.69) is 46.3 Å². The van der Waals surface area contributed by atoms with Crippen LogP contribution in [-0.2, 0) is 6.42 Å². The monoisotopic (exact) mass is 459 g/mol. The van der Waals surface area contributed by atoms with Crippen LogP contribution in [-0.4, -0.2) is 46.3 Å². The van der Waals surface area contributed by atoms with Crippen LogP contribution in [0.15, 0.2) is 36.8 Å². The van der Waals surface area contributed by atoms with Gasteiger partial charge in [-0.3, -0.25) is 4.79 Å². The minimum Gasteiger partial charge on any atom is -0.857 e. The van der Waals surface area contributed by atoms with Crippen LogP contribution in [0.4, 0.5) is 11.4 Å². The first-order valence-corrected chi connectivity index (χ1v) is 10.6. The molecule has 0 spiro atoms. The van der Waals surface area contributed by atoms with Gasteiger partial charge in [0.25, 0.3) is 5.91 Å². The van der Waals surface area contributed by atoms with Gasteiger partial charge < -0.3 is 20.1 Å². The molecule has 1 amide bonds. The number of benzene rings is 1. The van der Waals surface area contributed by atoms with Gasteiger partial charge in [-0.2, -0.15) is 12.2 Å². The standard InChI is InChI=1S/C22H23N5O2.CH3O.K/c1-22(2)9-13-7-17(18(8-19(13)29-22)26-11-14-6-15(14)12-26)25-21(28)16-10-24-27-5-3-4-23-20(16)27;1-2;/h3-5,7-8,10,14-15H,6,9,11-12H2,1-2H3,(H,25,28);1H3;/q;-1;+1. The first kappa shape index (κ1) is 23.7. The second kappa shape index (κ2) is 9.04. The number of aromatic nitrogens is 3. The van der Waals surface area contributed by atoms with E-state index in [9.17, 15) is 4.79 Å². The summed E-state index contributed by atoms with van der Waals surface area (Å²) >= 11 is 0. The molecule has 0 radical (unpaired) electrons. The zero-order valence-electron chi connectivity index (χ0n) is 19.0. The van der Waals surface area contributed by atoms with Crippen LogP contribution >= 0.6 is 0 Å². The van der Waals surface area contributed by atoms with Gasteiger partial charge in [-0.15, -0.1) is 0 Å². The van der Waals surface area contributed by atoms with Gasteiger partial charge in [-0.05, 0) is 44.2 Å². The Hall–Kier alpha value is -1.49. The molecule has 2 aromatic heterocycles. The number of piperidine rings is 1. The number of anilines is 2. The number of hydrogen-bond donors (Lipinski definition) is 1. The van der Waals surface area contributed by atoms with Crippen molar-refractivity contribution in [2.45, 2.75) is 32.3 Å². The van der Waals surface area contributed by atoms with Crippen LogP contribution < -0.4 is 71.4 Å². The van der Waals surface area contributed by atoms with Gasteiger partial charge in [0.05, 0.1) is 17.6 Å². The number of fused-ring (bicyclic) bond motifs is 3. The normalized spacial score (nSPS) is 21.6. The zero-order chi connectivity index (χ0) is 21.8. The van der Waals surface area contributed by atoms with Gasteiger partial charge in [-0.25, -0.2) is 9.50 Å². The molecule has 2 aliphatic heterocycles. The zero-order valence-corrected chi connectivity index (χ0v) is 22.1. The topological polar surface area (TPSA) is 94.8 Å². The number of nitrogens with zero attached hydrogens (tertiary/aromatic N) is 4. The predicted molar refractivity (Wildman–Crippen MR) is 116 cm³/mol. The van der Waals surface area contributed by atoms with E-state index in [1.165, 1.54) is 6.42 Å². The molecule has 162 valence electrons. The van der Waals surface area contributed by atoms with E-state index in [4.69, 9.17) is 9.84 Å². The van der Waals surface area contributed by atoms with E-state index in [0.717, 1.165) is 61.1 Å². The van der Waals surface area contributed by atoms with Crippen molar-refractivity contribution >= 4 is 22.9 Å². The molecule has 8 nitrogen and oxygen atoms in total. The molecule has 1 saturated carbocycles. The molecule has 1 saturated heterocycles. The molecular weight excluding hydrogens is 433 g/mol. The Morgan fingerprint density at radius 3 is 2.75 bits per heavy atom. The molecule has 32 heavy (non-hydrogen) atoms. The predicted octanol–water partition coefficient (Wildman–Crippen LogP) is -0.868. The maximum Gasteiger partial charge on any atom is 1.00 e. The van der Waals surface area contributed by atoms with E-state index < -0.39 is 0 Å². The SMILES string of the molecule is CC1(C)Cc2cc(NC(=O)c3cnn4cccnc34)c(N3CC4CC4C3)cc2O1.C[O-].[K+]. The maximum atomic E-state index is 13.1. The molecular formula is C23H26KN5O3. The number of amides is 1. The van der Waals surface area contributed by atoms with Crippen LogP contribution in [0.3, 0.4) is 0 Å². The first-order valence-electron chi connectivity index (χ1n) is 10.6. The number of carbonyl (C=O) groups excluding carboxylic acids is 1. The molecule has 2 fully saturated rings. The van der Waals surface area contributed by atoms with Crippen molar-refractivity contribution in [1.82, 2.24) is 14.6 Å². The fourth-order valence-corrected chi connectivity index (χ4v) is 4.77. The van der Waals surface area contributed by atoms with Crippen molar-refractivity contribution in [1.29, 1.82) is 0 Å². The van der Waals surface area contributed by atoms with Gasteiger partial charge in [0.1, 0.15) is 16.9 Å². The van der Waals surface area contributed by atoms with E-state index >= 15 is 0 Å². The van der Waals surface area contributed by atoms with Crippen molar-refractivity contribution in [2.24, 2.45) is 11.8 Å². The third-order valence-corrected chi connectivity index (χ3v) is 6.27. The summed E-state index contributed by atoms with van der Waals surface area (Å²) in [6.07, 6.45) is 7.19. The first-order chi connectivity index (χ1) is 15.0. The van der Waals surface area contributed by atoms with Gasteiger partial charge in [0, 0.05) is 43.5 Å². The van der Waals surface area contributed by atoms with Crippen LogP contribution in [0.25, 0.3) is 5.65 Å². The molecule has 1 aliphatic carbocycles. The second-order valence-electron chi connectivity index (χ2n) is 9.08. The number of nitrogens with one attached hydrogen (secondary N) is 1. The Labute approximate surface area is 229 Å². The molecule has 1 aromatic carbocycles. The summed E-state index contributed by atoms with van der Waals surface area (Å²) in [7, 11) is 0.750. The summed E-state index contributed by atoms with van der Waals surface area (Å²) in [4.78, 5) is 19.8. The summed E-state index contributed by atoms with van der Waals surface area (Å²) in [5.41, 5.74) is 3.83. The average Bonchev–Trinajstić information content (AvgIpc) is 3.08. The molecule has 0 bridgehead atoms. The van der Waals surface area contributed by atoms with E-state index in [1.54, 1.807) is 29.2 Å². The van der Waals surface area contributed by atoms with Crippen LogP contribution in [0.2, 0.25) is 0 Å². The fourth-order valence-electron chi connectivity index (χ4n) is 4.77. The Morgan fingerprint density at radius 2 is 2.00 bits per heavy atom. The van der Waals surface area contributed by atoms with Crippen LogP contribution in [0.1, 0.15) is 36.2 Å². The maximum absolute atomic E-state index is 13.1. The van der Waals surface area contributed by atoms with E-state index in [-0.39, 0.29) is 62.9 Å². The fraction of sp³-hybridized carbons (Fsp3) is 0.435. The van der Waals surface area contributed by atoms with Crippen molar-refractivity contribution in [3.05, 3.63) is 47.9 Å². The summed E-state index contributed by atoms with van der Waals surface area (Å²) in [5, 5.41) is 15.6. The van der Waals surface area contributed by atoms with Gasteiger partial charge in [-0.1, -0.05) is 0 Å². The van der Waals surface area contributed by atoms with Crippen LogP contribution in [0.5, 0.6) is 5.75 Å². The Kier molecular flexibility index (Phi) is 6.68.